The largest absolute Gasteiger partial charge is 0.475 e. The maximum Gasteiger partial charge on any atom is 0.370 e. The number of benzene rings is 1. The molecule has 0 radical (unpaired) electrons. The van der Waals surface area contributed by atoms with Crippen LogP contribution in [0.3, 0.4) is 0 Å². The van der Waals surface area contributed by atoms with Crippen molar-refractivity contribution < 1.29 is 24.5 Å². The molecule has 0 bridgehead atoms. The molecule has 2 rings (SSSR count). The van der Waals surface area contributed by atoms with Crippen LogP contribution in [0.2, 0.25) is 0 Å². The molecule has 1 heterocycles. The molecule has 0 saturated heterocycles. The summed E-state index contributed by atoms with van der Waals surface area (Å²) in [5.41, 5.74) is 1.04. The summed E-state index contributed by atoms with van der Waals surface area (Å²) in [5, 5.41) is 17.9. The van der Waals surface area contributed by atoms with Crippen molar-refractivity contribution in [3.05, 3.63) is 47.7 Å². The first kappa shape index (κ1) is 15.5. The predicted octanol–water partition coefficient (Wildman–Crippen LogP) is 2.27. The number of carbonyl (C=O) groups is 1. The minimum atomic E-state index is -1.08. The Hall–Kier alpha value is -1.85. The van der Waals surface area contributed by atoms with Crippen LogP contribution in [-0.4, -0.2) is 35.7 Å². The molecule has 5 nitrogen and oxygen atoms in total. The van der Waals surface area contributed by atoms with Crippen LogP contribution in [0, 0.1) is 0 Å². The average Bonchev–Trinajstić information content (AvgIpc) is 2.52. The highest BCUT2D eigenvalue weighted by molar-refractivity contribution is 5.84. The quantitative estimate of drug-likeness (QED) is 0.754. The molecule has 0 spiro atoms. The van der Waals surface area contributed by atoms with Gasteiger partial charge in [-0.25, -0.2) is 4.79 Å². The Kier molecular flexibility index (Phi) is 5.78. The highest BCUT2D eigenvalue weighted by Crippen LogP contribution is 2.31. The Labute approximate surface area is 123 Å². The Morgan fingerprint density at radius 2 is 2.05 bits per heavy atom. The number of ether oxygens (including phenoxy) is 2. The molecule has 0 aliphatic carbocycles. The number of aliphatic hydroxyl groups is 1. The van der Waals surface area contributed by atoms with E-state index in [1.165, 1.54) is 0 Å². The number of unbranched alkanes of at least 4 members (excludes halogenated alkanes) is 1. The van der Waals surface area contributed by atoms with Crippen LogP contribution in [0.5, 0.6) is 0 Å². The van der Waals surface area contributed by atoms with Crippen molar-refractivity contribution in [2.75, 3.05) is 13.2 Å². The van der Waals surface area contributed by atoms with Gasteiger partial charge in [0.15, 0.2) is 0 Å². The van der Waals surface area contributed by atoms with Gasteiger partial charge in [-0.15, -0.1) is 0 Å². The van der Waals surface area contributed by atoms with E-state index >= 15 is 0 Å². The molecule has 5 heteroatoms. The molecular formula is C16H20O5. The molecule has 0 unspecified atom stereocenters. The number of aliphatic carboxylic acids is 1. The van der Waals surface area contributed by atoms with Crippen molar-refractivity contribution in [2.45, 2.75) is 31.5 Å². The van der Waals surface area contributed by atoms with Crippen molar-refractivity contribution in [1.82, 2.24) is 0 Å². The van der Waals surface area contributed by atoms with Crippen molar-refractivity contribution >= 4 is 5.97 Å². The smallest absolute Gasteiger partial charge is 0.370 e. The van der Waals surface area contributed by atoms with Crippen LogP contribution >= 0.6 is 0 Å². The van der Waals surface area contributed by atoms with Crippen LogP contribution in [0.15, 0.2) is 42.2 Å². The van der Waals surface area contributed by atoms with Crippen molar-refractivity contribution in [2.24, 2.45) is 0 Å². The molecule has 1 aliphatic rings. The molecule has 114 valence electrons. The van der Waals surface area contributed by atoms with Gasteiger partial charge in [-0.2, -0.15) is 0 Å². The molecule has 0 fully saturated rings. The zero-order valence-corrected chi connectivity index (χ0v) is 11.8. The van der Waals surface area contributed by atoms with Crippen LogP contribution < -0.4 is 0 Å². The maximum atomic E-state index is 11.2. The van der Waals surface area contributed by atoms with Gasteiger partial charge < -0.3 is 19.7 Å². The molecule has 0 aromatic heterocycles. The summed E-state index contributed by atoms with van der Waals surface area (Å²) in [7, 11) is 0. The number of allylic oxidation sites excluding steroid dienone is 1. The van der Waals surface area contributed by atoms with E-state index in [4.69, 9.17) is 19.7 Å². The number of rotatable bonds is 7. The van der Waals surface area contributed by atoms with E-state index in [2.05, 4.69) is 0 Å². The lowest BCUT2D eigenvalue weighted by molar-refractivity contribution is -0.157. The summed E-state index contributed by atoms with van der Waals surface area (Å²) in [6, 6.07) is 9.71. The average molecular weight is 292 g/mol. The number of carboxylic acids is 1. The molecular weight excluding hydrogens is 272 g/mol. The molecule has 1 aliphatic heterocycles. The summed E-state index contributed by atoms with van der Waals surface area (Å²) >= 11 is 0. The Balaban J connectivity index is 2.03. The molecule has 2 atom stereocenters. The third kappa shape index (κ3) is 4.58. The molecule has 0 amide bonds. The van der Waals surface area contributed by atoms with E-state index in [1.54, 1.807) is 6.08 Å². The van der Waals surface area contributed by atoms with Gasteiger partial charge in [0, 0.05) is 18.9 Å². The Bertz CT molecular complexity index is 483. The standard InChI is InChI=1S/C16H20O5/c17-8-4-5-9-20-15-11-13(10-14(21-15)16(18)19)12-6-2-1-3-7-12/h1-3,6-7,10,13,15,17H,4-5,8-9,11H2,(H,18,19)/t13-,15+/m0/s1. The first-order chi connectivity index (χ1) is 10.2. The SMILES string of the molecule is O=C(O)C1=C[C@H](c2ccccc2)C[C@H](OCCCCO)O1. The second-order valence-electron chi connectivity index (χ2n) is 4.94. The minimum Gasteiger partial charge on any atom is -0.475 e. The maximum absolute atomic E-state index is 11.2. The van der Waals surface area contributed by atoms with Crippen LogP contribution in [0.1, 0.15) is 30.7 Å². The van der Waals surface area contributed by atoms with E-state index in [1.807, 2.05) is 30.3 Å². The van der Waals surface area contributed by atoms with Gasteiger partial charge in [-0.1, -0.05) is 30.3 Å². The van der Waals surface area contributed by atoms with E-state index in [0.29, 0.717) is 19.4 Å². The fraction of sp³-hybridized carbons (Fsp3) is 0.438. The Morgan fingerprint density at radius 1 is 1.29 bits per heavy atom. The van der Waals surface area contributed by atoms with E-state index in [9.17, 15) is 4.79 Å². The van der Waals surface area contributed by atoms with Gasteiger partial charge in [-0.3, -0.25) is 0 Å². The van der Waals surface area contributed by atoms with E-state index < -0.39 is 12.3 Å². The lowest BCUT2D eigenvalue weighted by Gasteiger charge is -2.28. The van der Waals surface area contributed by atoms with Crippen LogP contribution in [-0.2, 0) is 14.3 Å². The predicted molar refractivity (Wildman–Crippen MR) is 76.7 cm³/mol. The molecule has 2 N–H and O–H groups in total. The second kappa shape index (κ2) is 7.81. The van der Waals surface area contributed by atoms with E-state index in [-0.39, 0.29) is 18.3 Å². The van der Waals surface area contributed by atoms with Gasteiger partial charge in [0.25, 0.3) is 0 Å². The van der Waals surface area contributed by atoms with E-state index in [0.717, 1.165) is 12.0 Å². The molecule has 21 heavy (non-hydrogen) atoms. The van der Waals surface area contributed by atoms with Gasteiger partial charge in [0.1, 0.15) is 0 Å². The van der Waals surface area contributed by atoms with Gasteiger partial charge >= 0.3 is 5.97 Å². The zero-order valence-electron chi connectivity index (χ0n) is 11.8. The summed E-state index contributed by atoms with van der Waals surface area (Å²) in [4.78, 5) is 11.2. The number of hydrogen-bond acceptors (Lipinski definition) is 4. The molecule has 1 aromatic rings. The fourth-order valence-electron chi connectivity index (χ4n) is 2.27. The first-order valence-corrected chi connectivity index (χ1v) is 7.10. The second-order valence-corrected chi connectivity index (χ2v) is 4.94. The van der Waals surface area contributed by atoms with Crippen LogP contribution in [0.4, 0.5) is 0 Å². The third-order valence-corrected chi connectivity index (χ3v) is 3.35. The van der Waals surface area contributed by atoms with Crippen LogP contribution in [0.25, 0.3) is 0 Å². The number of carboxylic acid groups (broad SMARTS) is 1. The highest BCUT2D eigenvalue weighted by atomic mass is 16.7. The third-order valence-electron chi connectivity index (χ3n) is 3.35. The monoisotopic (exact) mass is 292 g/mol. The molecule has 0 saturated carbocycles. The van der Waals surface area contributed by atoms with Crippen molar-refractivity contribution in [3.8, 4) is 0 Å². The lowest BCUT2D eigenvalue weighted by atomic mass is 9.93. The topological polar surface area (TPSA) is 76.0 Å². The summed E-state index contributed by atoms with van der Waals surface area (Å²) < 4.78 is 10.9. The Morgan fingerprint density at radius 3 is 2.71 bits per heavy atom. The highest BCUT2D eigenvalue weighted by Gasteiger charge is 2.28. The molecule has 1 aromatic carbocycles. The first-order valence-electron chi connectivity index (χ1n) is 7.10. The zero-order chi connectivity index (χ0) is 15.1. The normalized spacial score (nSPS) is 21.5. The summed E-state index contributed by atoms with van der Waals surface area (Å²) in [5.74, 6) is -1.18. The van der Waals surface area contributed by atoms with Gasteiger partial charge in [-0.05, 0) is 24.5 Å². The van der Waals surface area contributed by atoms with Crippen molar-refractivity contribution in [3.63, 3.8) is 0 Å². The minimum absolute atomic E-state index is 0.0334. The lowest BCUT2D eigenvalue weighted by Crippen LogP contribution is -2.27. The summed E-state index contributed by atoms with van der Waals surface area (Å²) in [6.07, 6.45) is 3.03. The number of hydrogen-bond donors (Lipinski definition) is 2. The summed E-state index contributed by atoms with van der Waals surface area (Å²) in [6.45, 7) is 0.571. The van der Waals surface area contributed by atoms with Gasteiger partial charge in [0.05, 0.1) is 6.61 Å². The van der Waals surface area contributed by atoms with Crippen molar-refractivity contribution in [1.29, 1.82) is 0 Å². The number of aliphatic hydroxyl groups excluding tert-OH is 1. The van der Waals surface area contributed by atoms with Gasteiger partial charge in [0.2, 0.25) is 12.0 Å². The fourth-order valence-corrected chi connectivity index (χ4v) is 2.27.